The van der Waals surface area contributed by atoms with Crippen molar-refractivity contribution in [3.63, 3.8) is 0 Å². The normalized spacial score (nSPS) is 22.8. The average molecular weight is 499 g/mol. The Kier molecular flexibility index (Phi) is 8.01. The number of aromatic nitrogens is 2. The van der Waals surface area contributed by atoms with Gasteiger partial charge in [-0.3, -0.25) is 4.79 Å². The molecule has 0 radical (unpaired) electrons. The third kappa shape index (κ3) is 5.62. The number of esters is 1. The number of quaternary nitrogens is 1. The van der Waals surface area contributed by atoms with Crippen molar-refractivity contribution >= 4 is 5.97 Å². The molecule has 3 unspecified atom stereocenters. The van der Waals surface area contributed by atoms with E-state index >= 15 is 0 Å². The van der Waals surface area contributed by atoms with E-state index < -0.39 is 5.41 Å². The van der Waals surface area contributed by atoms with Crippen LogP contribution in [0.3, 0.4) is 0 Å². The Morgan fingerprint density at radius 1 is 1.05 bits per heavy atom. The third-order valence-corrected chi connectivity index (χ3v) is 8.15. The van der Waals surface area contributed by atoms with Crippen molar-refractivity contribution in [2.75, 3.05) is 6.54 Å². The maximum Gasteiger partial charge on any atom is 0.316 e. The van der Waals surface area contributed by atoms with Crippen LogP contribution in [0.25, 0.3) is 11.4 Å². The molecule has 6 heteroatoms. The second-order valence-electron chi connectivity index (χ2n) is 10.4. The molecule has 2 aliphatic carbocycles. The van der Waals surface area contributed by atoms with Gasteiger partial charge in [0.05, 0.1) is 12.0 Å². The number of rotatable bonds is 9. The van der Waals surface area contributed by atoms with Gasteiger partial charge in [-0.1, -0.05) is 91.5 Å². The minimum absolute atomic E-state index is 0.0608. The van der Waals surface area contributed by atoms with E-state index in [1.54, 1.807) is 0 Å². The fourth-order valence-corrected chi connectivity index (χ4v) is 5.91. The first kappa shape index (κ1) is 25.2. The lowest BCUT2D eigenvalue weighted by molar-refractivity contribution is -0.674. The van der Waals surface area contributed by atoms with Gasteiger partial charge in [0.1, 0.15) is 6.10 Å². The largest absolute Gasteiger partial charge is 0.461 e. The van der Waals surface area contributed by atoms with Crippen LogP contribution in [0.5, 0.6) is 0 Å². The number of nitrogens with zero attached hydrogens (tertiary/aromatic N) is 2. The summed E-state index contributed by atoms with van der Waals surface area (Å²) in [7, 11) is 0. The zero-order valence-corrected chi connectivity index (χ0v) is 21.4. The molecule has 1 aromatic heterocycles. The van der Waals surface area contributed by atoms with E-state index in [0.717, 1.165) is 56.2 Å². The molecule has 0 bridgehead atoms. The molecule has 0 saturated heterocycles. The van der Waals surface area contributed by atoms with Crippen LogP contribution in [-0.2, 0) is 21.5 Å². The number of ether oxygens (including phenoxy) is 1. The Balaban J connectivity index is 1.17. The smallest absolute Gasteiger partial charge is 0.316 e. The van der Waals surface area contributed by atoms with Gasteiger partial charge in [-0.05, 0) is 24.8 Å². The maximum absolute atomic E-state index is 13.7. The van der Waals surface area contributed by atoms with Crippen LogP contribution >= 0.6 is 0 Å². The van der Waals surface area contributed by atoms with Gasteiger partial charge in [-0.15, -0.1) is 12.3 Å². The van der Waals surface area contributed by atoms with Gasteiger partial charge in [-0.2, -0.15) is 4.98 Å². The second-order valence-corrected chi connectivity index (χ2v) is 10.4. The van der Waals surface area contributed by atoms with E-state index in [1.165, 1.54) is 12.8 Å². The number of benzene rings is 2. The molecule has 2 saturated carbocycles. The SMILES string of the molecule is C#CC1CC(OC(=O)C2(c3ccccc3)CCCCCC2)C1CC[NH2+]Cc1nc(-c2ccccc2)no1. The van der Waals surface area contributed by atoms with Crippen molar-refractivity contribution < 1.29 is 19.4 Å². The minimum atomic E-state index is -0.538. The minimum Gasteiger partial charge on any atom is -0.461 e. The lowest BCUT2D eigenvalue weighted by Crippen LogP contribution is -2.83. The van der Waals surface area contributed by atoms with Crippen LogP contribution < -0.4 is 5.32 Å². The molecule has 2 aliphatic rings. The summed E-state index contributed by atoms with van der Waals surface area (Å²) in [6, 6.07) is 20.0. The molecule has 37 heavy (non-hydrogen) atoms. The maximum atomic E-state index is 13.7. The molecule has 0 amide bonds. The fourth-order valence-electron chi connectivity index (χ4n) is 5.91. The number of carbonyl (C=O) groups is 1. The van der Waals surface area contributed by atoms with Gasteiger partial charge in [0.2, 0.25) is 5.82 Å². The summed E-state index contributed by atoms with van der Waals surface area (Å²) >= 11 is 0. The number of hydrogen-bond acceptors (Lipinski definition) is 5. The first-order chi connectivity index (χ1) is 18.2. The fraction of sp³-hybridized carbons (Fsp3) is 0.452. The van der Waals surface area contributed by atoms with Crippen LogP contribution in [0.2, 0.25) is 0 Å². The van der Waals surface area contributed by atoms with Crippen LogP contribution in [0.1, 0.15) is 62.8 Å². The monoisotopic (exact) mass is 498 g/mol. The molecule has 3 atom stereocenters. The Morgan fingerprint density at radius 2 is 1.76 bits per heavy atom. The van der Waals surface area contributed by atoms with Gasteiger partial charge < -0.3 is 14.6 Å². The van der Waals surface area contributed by atoms with E-state index in [1.807, 2.05) is 48.5 Å². The quantitative estimate of drug-likeness (QED) is 0.201. The summed E-state index contributed by atoms with van der Waals surface area (Å²) in [6.07, 6.45) is 13.5. The van der Waals surface area contributed by atoms with Gasteiger partial charge in [-0.25, -0.2) is 0 Å². The highest BCUT2D eigenvalue weighted by molar-refractivity contribution is 5.83. The van der Waals surface area contributed by atoms with Gasteiger partial charge in [0.15, 0.2) is 6.54 Å². The highest BCUT2D eigenvalue weighted by atomic mass is 16.5. The van der Waals surface area contributed by atoms with Crippen LogP contribution in [0, 0.1) is 24.2 Å². The van der Waals surface area contributed by atoms with E-state index in [0.29, 0.717) is 18.3 Å². The first-order valence-corrected chi connectivity index (χ1v) is 13.6. The van der Waals surface area contributed by atoms with Crippen molar-refractivity contribution in [2.24, 2.45) is 11.8 Å². The van der Waals surface area contributed by atoms with Crippen molar-refractivity contribution in [1.29, 1.82) is 0 Å². The second kappa shape index (κ2) is 11.7. The Hall–Kier alpha value is -3.43. The van der Waals surface area contributed by atoms with Crippen molar-refractivity contribution in [2.45, 2.75) is 69.4 Å². The zero-order valence-electron chi connectivity index (χ0n) is 21.4. The topological polar surface area (TPSA) is 81.8 Å². The first-order valence-electron chi connectivity index (χ1n) is 13.6. The Bertz CT molecular complexity index is 1190. The van der Waals surface area contributed by atoms with E-state index in [2.05, 4.69) is 33.5 Å². The predicted molar refractivity (Wildman–Crippen MR) is 141 cm³/mol. The molecular formula is C31H36N3O3+. The summed E-state index contributed by atoms with van der Waals surface area (Å²) in [6.45, 7) is 1.46. The zero-order chi connectivity index (χ0) is 25.5. The molecule has 1 heterocycles. The van der Waals surface area contributed by atoms with Crippen LogP contribution in [0.4, 0.5) is 0 Å². The molecular weight excluding hydrogens is 462 g/mol. The third-order valence-electron chi connectivity index (χ3n) is 8.15. The molecule has 192 valence electrons. The molecule has 6 nitrogen and oxygen atoms in total. The molecule has 2 fully saturated rings. The molecule has 2 aromatic carbocycles. The molecule has 3 aromatic rings. The van der Waals surface area contributed by atoms with Crippen molar-refractivity contribution in [3.05, 3.63) is 72.1 Å². The Labute approximate surface area is 219 Å². The van der Waals surface area contributed by atoms with Gasteiger partial charge in [0, 0.05) is 23.8 Å². The lowest BCUT2D eigenvalue weighted by Gasteiger charge is -2.43. The molecule has 5 rings (SSSR count). The van der Waals surface area contributed by atoms with E-state index in [-0.39, 0.29) is 23.9 Å². The summed E-state index contributed by atoms with van der Waals surface area (Å²) in [5, 5.41) is 6.25. The Morgan fingerprint density at radius 3 is 2.46 bits per heavy atom. The van der Waals surface area contributed by atoms with Gasteiger partial charge in [0.25, 0.3) is 5.89 Å². The van der Waals surface area contributed by atoms with Gasteiger partial charge >= 0.3 is 5.97 Å². The predicted octanol–water partition coefficient (Wildman–Crippen LogP) is 4.66. The number of carbonyl (C=O) groups excluding carboxylic acids is 1. The molecule has 2 N–H and O–H groups in total. The highest BCUT2D eigenvalue weighted by Crippen LogP contribution is 2.43. The summed E-state index contributed by atoms with van der Waals surface area (Å²) in [5.41, 5.74) is 1.49. The van der Waals surface area contributed by atoms with Crippen LogP contribution in [0.15, 0.2) is 65.2 Å². The highest BCUT2D eigenvalue weighted by Gasteiger charge is 2.47. The summed E-state index contributed by atoms with van der Waals surface area (Å²) < 4.78 is 11.7. The standard InChI is InChI=1S/C31H35N3O3/c1-2-23-21-27(36-30(35)31(18-11-3-4-12-19-31)25-15-9-6-10-16-25)26(23)17-20-32-22-28-33-29(34-37-28)24-13-7-5-8-14-24/h1,5-10,13-16,23,26-27,32H,3-4,11-12,17-22H2/p+1. The summed E-state index contributed by atoms with van der Waals surface area (Å²) in [5.74, 6) is 4.40. The van der Waals surface area contributed by atoms with E-state index in [9.17, 15) is 4.79 Å². The molecule has 0 spiro atoms. The number of terminal acetylenes is 1. The lowest BCUT2D eigenvalue weighted by atomic mass is 9.69. The van der Waals surface area contributed by atoms with Crippen LogP contribution in [-0.4, -0.2) is 28.8 Å². The number of hydrogen-bond donors (Lipinski definition) is 1. The van der Waals surface area contributed by atoms with E-state index in [4.69, 9.17) is 15.7 Å². The van der Waals surface area contributed by atoms with Crippen molar-refractivity contribution in [1.82, 2.24) is 10.1 Å². The summed E-state index contributed by atoms with van der Waals surface area (Å²) in [4.78, 5) is 18.2. The number of nitrogens with two attached hydrogens (primary N) is 1. The molecule has 0 aliphatic heterocycles. The average Bonchev–Trinajstić information content (AvgIpc) is 3.26. The van der Waals surface area contributed by atoms with Crippen molar-refractivity contribution in [3.8, 4) is 23.7 Å².